The van der Waals surface area contributed by atoms with Crippen molar-refractivity contribution < 1.29 is 9.53 Å². The normalized spacial score (nSPS) is 29.3. The van der Waals surface area contributed by atoms with Crippen molar-refractivity contribution in [2.75, 3.05) is 32.8 Å². The Morgan fingerprint density at radius 2 is 1.81 bits per heavy atom. The van der Waals surface area contributed by atoms with Gasteiger partial charge in [0.2, 0.25) is 0 Å². The van der Waals surface area contributed by atoms with Gasteiger partial charge in [0.1, 0.15) is 0 Å². The van der Waals surface area contributed by atoms with E-state index in [2.05, 4.69) is 19.2 Å². The summed E-state index contributed by atoms with van der Waals surface area (Å²) < 4.78 is 5.40. The van der Waals surface area contributed by atoms with Crippen molar-refractivity contribution in [3.8, 4) is 0 Å². The first-order valence-corrected chi connectivity index (χ1v) is 8.83. The highest BCUT2D eigenvalue weighted by atomic mass is 16.5. The second-order valence-electron chi connectivity index (χ2n) is 6.75. The van der Waals surface area contributed by atoms with Crippen LogP contribution in [0.2, 0.25) is 0 Å². The summed E-state index contributed by atoms with van der Waals surface area (Å²) in [5.74, 6) is 2.13. The van der Waals surface area contributed by atoms with Crippen molar-refractivity contribution in [1.29, 1.82) is 0 Å². The van der Waals surface area contributed by atoms with Gasteiger partial charge in [-0.3, -0.25) is 0 Å². The van der Waals surface area contributed by atoms with E-state index in [1.807, 2.05) is 4.90 Å². The molecule has 21 heavy (non-hydrogen) atoms. The van der Waals surface area contributed by atoms with Gasteiger partial charge in [-0.15, -0.1) is 0 Å². The highest BCUT2D eigenvalue weighted by molar-refractivity contribution is 5.74. The van der Waals surface area contributed by atoms with E-state index >= 15 is 0 Å². The second kappa shape index (κ2) is 8.62. The van der Waals surface area contributed by atoms with Crippen LogP contribution in [-0.4, -0.2) is 43.8 Å². The number of nitrogens with zero attached hydrogens (tertiary/aromatic N) is 1. The molecule has 0 spiro atoms. The van der Waals surface area contributed by atoms with E-state index in [1.165, 1.54) is 32.1 Å². The maximum absolute atomic E-state index is 12.3. The third-order valence-electron chi connectivity index (χ3n) is 5.26. The van der Waals surface area contributed by atoms with Gasteiger partial charge in [0.25, 0.3) is 0 Å². The highest BCUT2D eigenvalue weighted by Crippen LogP contribution is 2.30. The van der Waals surface area contributed by atoms with Gasteiger partial charge >= 0.3 is 6.03 Å². The zero-order valence-electron chi connectivity index (χ0n) is 13.8. The van der Waals surface area contributed by atoms with Crippen molar-refractivity contribution in [3.63, 3.8) is 0 Å². The average Bonchev–Trinajstić information content (AvgIpc) is 3.03. The number of carbonyl (C=O) groups excluding carboxylic acids is 1. The molecule has 2 fully saturated rings. The van der Waals surface area contributed by atoms with Crippen molar-refractivity contribution in [1.82, 2.24) is 10.2 Å². The topological polar surface area (TPSA) is 41.6 Å². The molecule has 1 saturated heterocycles. The first kappa shape index (κ1) is 16.6. The zero-order valence-corrected chi connectivity index (χ0v) is 13.8. The molecule has 4 nitrogen and oxygen atoms in total. The minimum absolute atomic E-state index is 0.113. The molecule has 2 amide bonds. The van der Waals surface area contributed by atoms with E-state index in [0.29, 0.717) is 11.8 Å². The Kier molecular flexibility index (Phi) is 6.81. The molecule has 1 unspecified atom stereocenters. The van der Waals surface area contributed by atoms with Gasteiger partial charge in [-0.2, -0.15) is 0 Å². The number of ether oxygens (including phenoxy) is 1. The monoisotopic (exact) mass is 296 g/mol. The molecule has 1 aliphatic heterocycles. The summed E-state index contributed by atoms with van der Waals surface area (Å²) in [6.45, 7) is 8.48. The van der Waals surface area contributed by atoms with E-state index in [-0.39, 0.29) is 6.03 Å². The third kappa shape index (κ3) is 5.17. The standard InChI is InChI=1S/C17H32N2O2/c1-3-14-5-7-15(8-6-14)11-18-17(20)19(4-2)12-16-9-10-21-13-16/h14-16H,3-13H2,1-2H3,(H,18,20). The lowest BCUT2D eigenvalue weighted by Gasteiger charge is -2.29. The van der Waals surface area contributed by atoms with Crippen LogP contribution in [-0.2, 0) is 4.74 Å². The molecule has 1 atom stereocenters. The fraction of sp³-hybridized carbons (Fsp3) is 0.941. The molecule has 0 bridgehead atoms. The zero-order chi connectivity index (χ0) is 15.1. The van der Waals surface area contributed by atoms with Crippen LogP contribution in [0.25, 0.3) is 0 Å². The summed E-state index contributed by atoms with van der Waals surface area (Å²) in [7, 11) is 0. The summed E-state index contributed by atoms with van der Waals surface area (Å²) >= 11 is 0. The van der Waals surface area contributed by atoms with E-state index in [4.69, 9.17) is 4.74 Å². The Labute approximate surface area is 129 Å². The van der Waals surface area contributed by atoms with E-state index in [0.717, 1.165) is 45.2 Å². The number of hydrogen-bond donors (Lipinski definition) is 1. The number of urea groups is 1. The first-order chi connectivity index (χ1) is 10.2. The fourth-order valence-corrected chi connectivity index (χ4v) is 3.58. The molecule has 2 rings (SSSR count). The first-order valence-electron chi connectivity index (χ1n) is 8.83. The molecule has 122 valence electrons. The van der Waals surface area contributed by atoms with E-state index in [1.54, 1.807) is 0 Å². The fourth-order valence-electron chi connectivity index (χ4n) is 3.58. The van der Waals surface area contributed by atoms with Crippen LogP contribution >= 0.6 is 0 Å². The summed E-state index contributed by atoms with van der Waals surface area (Å²) in [5, 5.41) is 3.16. The lowest BCUT2D eigenvalue weighted by molar-refractivity contribution is 0.164. The van der Waals surface area contributed by atoms with Crippen LogP contribution in [0, 0.1) is 17.8 Å². The number of carbonyl (C=O) groups is 1. The minimum atomic E-state index is 0.113. The smallest absolute Gasteiger partial charge is 0.317 e. The molecule has 0 aromatic carbocycles. The maximum atomic E-state index is 12.3. The maximum Gasteiger partial charge on any atom is 0.317 e. The number of hydrogen-bond acceptors (Lipinski definition) is 2. The van der Waals surface area contributed by atoms with Gasteiger partial charge < -0.3 is 15.0 Å². The quantitative estimate of drug-likeness (QED) is 0.817. The summed E-state index contributed by atoms with van der Waals surface area (Å²) in [6.07, 6.45) is 7.64. The lowest BCUT2D eigenvalue weighted by Crippen LogP contribution is -2.44. The molecule has 0 aromatic rings. The molecule has 0 aromatic heterocycles. The molecule has 1 heterocycles. The molecule has 4 heteroatoms. The van der Waals surface area contributed by atoms with Gasteiger partial charge in [-0.1, -0.05) is 26.2 Å². The Hall–Kier alpha value is -0.770. The van der Waals surface area contributed by atoms with Gasteiger partial charge in [0.05, 0.1) is 6.61 Å². The van der Waals surface area contributed by atoms with Gasteiger partial charge in [0.15, 0.2) is 0 Å². The van der Waals surface area contributed by atoms with Crippen LogP contribution in [0.1, 0.15) is 52.4 Å². The second-order valence-corrected chi connectivity index (χ2v) is 6.75. The van der Waals surface area contributed by atoms with Crippen LogP contribution in [0.5, 0.6) is 0 Å². The third-order valence-corrected chi connectivity index (χ3v) is 5.26. The largest absolute Gasteiger partial charge is 0.381 e. The Morgan fingerprint density at radius 3 is 2.38 bits per heavy atom. The predicted octanol–water partition coefficient (Wildman–Crippen LogP) is 3.27. The Morgan fingerprint density at radius 1 is 1.10 bits per heavy atom. The number of nitrogens with one attached hydrogen (secondary N) is 1. The molecular weight excluding hydrogens is 264 g/mol. The van der Waals surface area contributed by atoms with E-state index < -0.39 is 0 Å². The van der Waals surface area contributed by atoms with Gasteiger partial charge in [-0.05, 0) is 38.0 Å². The van der Waals surface area contributed by atoms with Crippen molar-refractivity contribution >= 4 is 6.03 Å². The SMILES string of the molecule is CCC1CCC(CNC(=O)N(CC)CC2CCOC2)CC1. The summed E-state index contributed by atoms with van der Waals surface area (Å²) in [6, 6.07) is 0.113. The van der Waals surface area contributed by atoms with Gasteiger partial charge in [-0.25, -0.2) is 4.79 Å². The van der Waals surface area contributed by atoms with E-state index in [9.17, 15) is 4.79 Å². The van der Waals surface area contributed by atoms with Gasteiger partial charge in [0, 0.05) is 32.2 Å². The number of rotatable bonds is 6. The van der Waals surface area contributed by atoms with Crippen molar-refractivity contribution in [3.05, 3.63) is 0 Å². The minimum Gasteiger partial charge on any atom is -0.381 e. The Balaban J connectivity index is 1.67. The summed E-state index contributed by atoms with van der Waals surface area (Å²) in [4.78, 5) is 14.2. The molecular formula is C17H32N2O2. The van der Waals surface area contributed by atoms with Crippen LogP contribution in [0.3, 0.4) is 0 Å². The molecule has 2 aliphatic rings. The number of amides is 2. The van der Waals surface area contributed by atoms with Crippen molar-refractivity contribution in [2.24, 2.45) is 17.8 Å². The molecule has 1 saturated carbocycles. The van der Waals surface area contributed by atoms with Crippen LogP contribution in [0.15, 0.2) is 0 Å². The molecule has 0 radical (unpaired) electrons. The van der Waals surface area contributed by atoms with Crippen molar-refractivity contribution in [2.45, 2.75) is 52.4 Å². The average molecular weight is 296 g/mol. The molecule has 1 aliphatic carbocycles. The van der Waals surface area contributed by atoms with Crippen LogP contribution < -0.4 is 5.32 Å². The summed E-state index contributed by atoms with van der Waals surface area (Å²) in [5.41, 5.74) is 0. The molecule has 1 N–H and O–H groups in total. The predicted molar refractivity (Wildman–Crippen MR) is 85.3 cm³/mol. The van der Waals surface area contributed by atoms with Crippen LogP contribution in [0.4, 0.5) is 4.79 Å². The highest BCUT2D eigenvalue weighted by Gasteiger charge is 2.23. The Bertz CT molecular complexity index is 308. The lowest BCUT2D eigenvalue weighted by atomic mass is 9.81.